The van der Waals surface area contributed by atoms with E-state index in [1.807, 2.05) is 0 Å². The summed E-state index contributed by atoms with van der Waals surface area (Å²) in [4.78, 5) is 2.33. The summed E-state index contributed by atoms with van der Waals surface area (Å²) in [6.45, 7) is 8.75. The van der Waals surface area contributed by atoms with Gasteiger partial charge in [-0.05, 0) is 25.3 Å². The standard InChI is InChI=1S/C14H30N2O2S/c1-5-12(3)10-16(6-2)14(11-15)9-7-8-13(14)19(4,17)18/h12-13H,5-11,15H2,1-4H3. The lowest BCUT2D eigenvalue weighted by Gasteiger charge is -2.44. The fourth-order valence-corrected chi connectivity index (χ4v) is 5.25. The van der Waals surface area contributed by atoms with Crippen LogP contribution in [-0.4, -0.2) is 50.0 Å². The van der Waals surface area contributed by atoms with Gasteiger partial charge in [-0.25, -0.2) is 8.42 Å². The summed E-state index contributed by atoms with van der Waals surface area (Å²) in [5, 5.41) is -0.297. The molecule has 0 heterocycles. The van der Waals surface area contributed by atoms with E-state index in [1.165, 1.54) is 6.26 Å². The molecule has 3 unspecified atom stereocenters. The lowest BCUT2D eigenvalue weighted by atomic mass is 9.92. The zero-order valence-electron chi connectivity index (χ0n) is 12.9. The van der Waals surface area contributed by atoms with Crippen molar-refractivity contribution in [3.8, 4) is 0 Å². The van der Waals surface area contributed by atoms with Gasteiger partial charge < -0.3 is 5.73 Å². The highest BCUT2D eigenvalue weighted by Crippen LogP contribution is 2.39. The van der Waals surface area contributed by atoms with E-state index in [-0.39, 0.29) is 10.8 Å². The molecule has 3 atom stereocenters. The van der Waals surface area contributed by atoms with E-state index < -0.39 is 9.84 Å². The predicted octanol–water partition coefficient (Wildman–Crippen LogP) is 1.65. The molecule has 0 aliphatic heterocycles. The Bertz CT molecular complexity index is 383. The lowest BCUT2D eigenvalue weighted by Crippen LogP contribution is -2.61. The molecule has 1 saturated carbocycles. The monoisotopic (exact) mass is 290 g/mol. The normalized spacial score (nSPS) is 29.9. The van der Waals surface area contributed by atoms with Crippen molar-refractivity contribution in [2.24, 2.45) is 11.7 Å². The van der Waals surface area contributed by atoms with Crippen molar-refractivity contribution >= 4 is 9.84 Å². The predicted molar refractivity (Wildman–Crippen MR) is 81.0 cm³/mol. The van der Waals surface area contributed by atoms with E-state index in [2.05, 4.69) is 25.7 Å². The van der Waals surface area contributed by atoms with Gasteiger partial charge in [0.15, 0.2) is 9.84 Å². The largest absolute Gasteiger partial charge is 0.329 e. The molecule has 0 aromatic heterocycles. The van der Waals surface area contributed by atoms with Gasteiger partial charge in [-0.15, -0.1) is 0 Å². The molecule has 1 aliphatic rings. The molecule has 2 N–H and O–H groups in total. The van der Waals surface area contributed by atoms with Crippen LogP contribution in [0.1, 0.15) is 46.5 Å². The average molecular weight is 290 g/mol. The first kappa shape index (κ1) is 16.9. The number of likely N-dealkylation sites (N-methyl/N-ethyl adjacent to an activating group) is 1. The summed E-state index contributed by atoms with van der Waals surface area (Å²) < 4.78 is 24.2. The molecule has 0 radical (unpaired) electrons. The molecule has 5 heteroatoms. The van der Waals surface area contributed by atoms with Gasteiger partial charge in [0.25, 0.3) is 0 Å². The molecule has 0 spiro atoms. The Balaban J connectivity index is 3.06. The molecule has 0 bridgehead atoms. The Morgan fingerprint density at radius 1 is 1.42 bits per heavy atom. The summed E-state index contributed by atoms with van der Waals surface area (Å²) in [7, 11) is -3.04. The lowest BCUT2D eigenvalue weighted by molar-refractivity contribution is 0.0902. The van der Waals surface area contributed by atoms with E-state index >= 15 is 0 Å². The van der Waals surface area contributed by atoms with Gasteiger partial charge in [0.1, 0.15) is 0 Å². The Morgan fingerprint density at radius 2 is 2.05 bits per heavy atom. The minimum Gasteiger partial charge on any atom is -0.329 e. The minimum atomic E-state index is -3.04. The minimum absolute atomic E-state index is 0.297. The van der Waals surface area contributed by atoms with Gasteiger partial charge >= 0.3 is 0 Å². The maximum absolute atomic E-state index is 12.1. The number of hydrogen-bond donors (Lipinski definition) is 1. The number of nitrogens with two attached hydrogens (primary N) is 1. The van der Waals surface area contributed by atoms with Gasteiger partial charge in [-0.2, -0.15) is 0 Å². The third-order valence-corrected chi connectivity index (χ3v) is 6.49. The topological polar surface area (TPSA) is 63.4 Å². The Labute approximate surface area is 118 Å². The smallest absolute Gasteiger partial charge is 0.152 e. The number of rotatable bonds is 7. The fourth-order valence-electron chi connectivity index (χ4n) is 3.49. The second-order valence-electron chi connectivity index (χ2n) is 6.07. The molecule has 0 saturated heterocycles. The Morgan fingerprint density at radius 3 is 2.47 bits per heavy atom. The molecule has 1 fully saturated rings. The van der Waals surface area contributed by atoms with Crippen LogP contribution in [0.2, 0.25) is 0 Å². The molecule has 1 aliphatic carbocycles. The van der Waals surface area contributed by atoms with Crippen molar-refractivity contribution in [2.45, 2.75) is 57.2 Å². The maximum atomic E-state index is 12.1. The van der Waals surface area contributed by atoms with Crippen molar-refractivity contribution in [3.05, 3.63) is 0 Å². The summed E-state index contributed by atoms with van der Waals surface area (Å²) in [6.07, 6.45) is 5.11. The molecule has 1 rings (SSSR count). The van der Waals surface area contributed by atoms with Gasteiger partial charge in [0.2, 0.25) is 0 Å². The number of nitrogens with zero attached hydrogens (tertiary/aromatic N) is 1. The SMILES string of the molecule is CCC(C)CN(CC)C1(CN)CCCC1S(C)(=O)=O. The van der Waals surface area contributed by atoms with E-state index in [4.69, 9.17) is 5.73 Å². The van der Waals surface area contributed by atoms with E-state index in [9.17, 15) is 8.42 Å². The van der Waals surface area contributed by atoms with Gasteiger partial charge in [0.05, 0.1) is 5.25 Å². The highest BCUT2D eigenvalue weighted by atomic mass is 32.2. The van der Waals surface area contributed by atoms with Crippen LogP contribution in [0.4, 0.5) is 0 Å². The van der Waals surface area contributed by atoms with E-state index in [0.29, 0.717) is 12.5 Å². The van der Waals surface area contributed by atoms with Crippen LogP contribution >= 0.6 is 0 Å². The van der Waals surface area contributed by atoms with Crippen LogP contribution in [0.25, 0.3) is 0 Å². The molecule has 0 aromatic rings. The molecule has 19 heavy (non-hydrogen) atoms. The Kier molecular flexibility index (Phi) is 5.83. The molecule has 0 aromatic carbocycles. The van der Waals surface area contributed by atoms with Gasteiger partial charge in [-0.1, -0.05) is 33.6 Å². The summed E-state index contributed by atoms with van der Waals surface area (Å²) in [6, 6.07) is 0. The van der Waals surface area contributed by atoms with Crippen molar-refractivity contribution in [1.29, 1.82) is 0 Å². The zero-order chi connectivity index (χ0) is 14.7. The summed E-state index contributed by atoms with van der Waals surface area (Å²) in [5.74, 6) is 0.573. The summed E-state index contributed by atoms with van der Waals surface area (Å²) >= 11 is 0. The second kappa shape index (κ2) is 6.55. The van der Waals surface area contributed by atoms with E-state index in [0.717, 1.165) is 38.8 Å². The molecule has 4 nitrogen and oxygen atoms in total. The van der Waals surface area contributed by atoms with Crippen LogP contribution in [0.15, 0.2) is 0 Å². The van der Waals surface area contributed by atoms with Crippen LogP contribution < -0.4 is 5.73 Å². The highest BCUT2D eigenvalue weighted by Gasteiger charge is 2.50. The fraction of sp³-hybridized carbons (Fsp3) is 1.00. The van der Waals surface area contributed by atoms with Gasteiger partial charge in [0, 0.05) is 24.9 Å². The first-order valence-corrected chi connectivity index (χ1v) is 9.41. The summed E-state index contributed by atoms with van der Waals surface area (Å²) in [5.41, 5.74) is 5.70. The second-order valence-corrected chi connectivity index (χ2v) is 8.30. The van der Waals surface area contributed by atoms with Crippen molar-refractivity contribution in [1.82, 2.24) is 4.90 Å². The van der Waals surface area contributed by atoms with Crippen LogP contribution in [0.3, 0.4) is 0 Å². The van der Waals surface area contributed by atoms with Crippen LogP contribution in [-0.2, 0) is 9.84 Å². The maximum Gasteiger partial charge on any atom is 0.152 e. The number of sulfone groups is 1. The average Bonchev–Trinajstić information content (AvgIpc) is 2.80. The first-order chi connectivity index (χ1) is 8.81. The molecule has 114 valence electrons. The van der Waals surface area contributed by atoms with E-state index in [1.54, 1.807) is 0 Å². The molecular formula is C14H30N2O2S. The molecular weight excluding hydrogens is 260 g/mol. The Hall–Kier alpha value is -0.130. The van der Waals surface area contributed by atoms with Crippen molar-refractivity contribution in [3.63, 3.8) is 0 Å². The van der Waals surface area contributed by atoms with Crippen molar-refractivity contribution < 1.29 is 8.42 Å². The van der Waals surface area contributed by atoms with Gasteiger partial charge in [-0.3, -0.25) is 4.90 Å². The number of hydrogen-bond acceptors (Lipinski definition) is 4. The third kappa shape index (κ3) is 3.50. The van der Waals surface area contributed by atoms with Crippen LogP contribution in [0.5, 0.6) is 0 Å². The molecule has 0 amide bonds. The highest BCUT2D eigenvalue weighted by molar-refractivity contribution is 7.91. The van der Waals surface area contributed by atoms with Crippen LogP contribution in [0, 0.1) is 5.92 Å². The first-order valence-electron chi connectivity index (χ1n) is 7.45. The zero-order valence-corrected chi connectivity index (χ0v) is 13.7. The van der Waals surface area contributed by atoms with Crippen molar-refractivity contribution in [2.75, 3.05) is 25.9 Å². The third-order valence-electron chi connectivity index (χ3n) is 4.79. The quantitative estimate of drug-likeness (QED) is 0.774.